The molecule has 0 atom stereocenters. The van der Waals surface area contributed by atoms with Gasteiger partial charge in [-0.1, -0.05) is 27.7 Å². The maximum atomic E-state index is 12.3. The van der Waals surface area contributed by atoms with Gasteiger partial charge in [0.15, 0.2) is 11.5 Å². The van der Waals surface area contributed by atoms with Gasteiger partial charge < -0.3 is 9.84 Å². The van der Waals surface area contributed by atoms with Crippen LogP contribution in [0, 0.1) is 29.5 Å². The monoisotopic (exact) mass is 296 g/mol. The minimum Gasteiger partial charge on any atom is -0.504 e. The van der Waals surface area contributed by atoms with E-state index in [1.54, 1.807) is 0 Å². The van der Waals surface area contributed by atoms with Crippen LogP contribution in [-0.4, -0.2) is 12.2 Å². The van der Waals surface area contributed by atoms with Crippen molar-refractivity contribution in [2.45, 2.75) is 48.0 Å². The molecule has 0 saturated heterocycles. The van der Waals surface area contributed by atoms with E-state index < -0.39 is 5.82 Å². The van der Waals surface area contributed by atoms with Gasteiger partial charge in [-0.15, -0.1) is 12.3 Å². The number of halogens is 1. The molecule has 1 rings (SSSR count). The van der Waals surface area contributed by atoms with E-state index in [0.717, 1.165) is 18.6 Å². The molecule has 1 N–H and O–H groups in total. The highest BCUT2D eigenvalue weighted by atomic mass is 19.1. The van der Waals surface area contributed by atoms with Crippen molar-refractivity contribution >= 4 is 0 Å². The summed E-state index contributed by atoms with van der Waals surface area (Å²) in [5.41, 5.74) is 0.0914. The number of methoxy groups -OCH3 is 1. The van der Waals surface area contributed by atoms with Gasteiger partial charge in [-0.05, 0) is 38.3 Å². The summed E-state index contributed by atoms with van der Waals surface area (Å²) >= 11 is 0. The van der Waals surface area contributed by atoms with Gasteiger partial charge >= 0.3 is 0 Å². The molecule has 0 bridgehead atoms. The number of rotatable bonds is 3. The fourth-order valence-electron chi connectivity index (χ4n) is 1.73. The maximum Gasteiger partial charge on any atom is 0.163 e. The molecule has 0 aliphatic carbocycles. The van der Waals surface area contributed by atoms with Gasteiger partial charge in [0.1, 0.15) is 5.82 Å². The first-order valence-corrected chi connectivity index (χ1v) is 7.22. The second kappa shape index (κ2) is 11.0. The Morgan fingerprint density at radius 3 is 2.14 bits per heavy atom. The molecule has 21 heavy (non-hydrogen) atoms. The smallest absolute Gasteiger partial charge is 0.163 e. The summed E-state index contributed by atoms with van der Waals surface area (Å²) in [4.78, 5) is 0. The standard InChI is InChI=1S/C9H16.C7H7FO2.C2H6/c1-6-9(4,5)7-8(2)3;1-10-7-4-5(8)2-3-6(7)9;1-2/h1,8H,7H2,2-5H3;2-4,9H,1H3;1-2H3. The molecule has 0 aliphatic heterocycles. The van der Waals surface area contributed by atoms with Gasteiger partial charge in [0.05, 0.1) is 7.11 Å². The van der Waals surface area contributed by atoms with Gasteiger partial charge in [0.25, 0.3) is 0 Å². The number of aromatic hydroxyl groups is 1. The van der Waals surface area contributed by atoms with Crippen LogP contribution in [0.2, 0.25) is 0 Å². The lowest BCUT2D eigenvalue weighted by atomic mass is 9.85. The molecule has 0 unspecified atom stereocenters. The predicted molar refractivity (Wildman–Crippen MR) is 88.0 cm³/mol. The van der Waals surface area contributed by atoms with Crippen LogP contribution < -0.4 is 4.74 Å². The SMILES string of the molecule is C#CC(C)(C)CC(C)C.CC.COc1cc(F)ccc1O. The molecule has 1 aromatic carbocycles. The van der Waals surface area contributed by atoms with Crippen LogP contribution in [0.1, 0.15) is 48.0 Å². The number of phenols is 1. The molecule has 0 radical (unpaired) electrons. The highest BCUT2D eigenvalue weighted by Gasteiger charge is 2.14. The maximum absolute atomic E-state index is 12.3. The van der Waals surface area contributed by atoms with Crippen LogP contribution in [0.3, 0.4) is 0 Å². The van der Waals surface area contributed by atoms with Gasteiger partial charge in [0.2, 0.25) is 0 Å². The van der Waals surface area contributed by atoms with E-state index in [1.165, 1.54) is 13.2 Å². The number of phenolic OH excluding ortho intramolecular Hbond substituents is 1. The van der Waals surface area contributed by atoms with Crippen molar-refractivity contribution in [3.05, 3.63) is 24.0 Å². The Kier molecular flexibility index (Phi) is 11.3. The molecular weight excluding hydrogens is 267 g/mol. The lowest BCUT2D eigenvalue weighted by Gasteiger charge is -2.19. The largest absolute Gasteiger partial charge is 0.504 e. The molecule has 0 amide bonds. The third-order valence-electron chi connectivity index (χ3n) is 2.45. The Balaban J connectivity index is 0. The van der Waals surface area contributed by atoms with Crippen molar-refractivity contribution in [2.24, 2.45) is 11.3 Å². The number of hydrogen-bond donors (Lipinski definition) is 1. The van der Waals surface area contributed by atoms with Crippen molar-refractivity contribution in [3.8, 4) is 23.8 Å². The highest BCUT2D eigenvalue weighted by Crippen LogP contribution is 2.25. The molecule has 0 fully saturated rings. The molecule has 0 heterocycles. The molecule has 120 valence electrons. The van der Waals surface area contributed by atoms with E-state index in [9.17, 15) is 4.39 Å². The minimum atomic E-state index is -0.422. The average Bonchev–Trinajstić information content (AvgIpc) is 2.43. The van der Waals surface area contributed by atoms with Crippen molar-refractivity contribution in [2.75, 3.05) is 7.11 Å². The highest BCUT2D eigenvalue weighted by molar-refractivity contribution is 5.38. The fraction of sp³-hybridized carbons (Fsp3) is 0.556. The quantitative estimate of drug-likeness (QED) is 0.771. The molecule has 0 aliphatic rings. The summed E-state index contributed by atoms with van der Waals surface area (Å²) in [6, 6.07) is 3.53. The minimum absolute atomic E-state index is 0.0519. The van der Waals surface area contributed by atoms with Gasteiger partial charge in [-0.2, -0.15) is 0 Å². The Labute approximate surface area is 129 Å². The zero-order valence-electron chi connectivity index (χ0n) is 14.3. The normalized spacial score (nSPS) is 9.71. The zero-order valence-corrected chi connectivity index (χ0v) is 14.3. The topological polar surface area (TPSA) is 29.5 Å². The molecule has 0 aromatic heterocycles. The second-order valence-corrected chi connectivity index (χ2v) is 5.44. The number of ether oxygens (including phenoxy) is 1. The van der Waals surface area contributed by atoms with Crippen LogP contribution in [0.5, 0.6) is 11.5 Å². The molecule has 2 nitrogen and oxygen atoms in total. The van der Waals surface area contributed by atoms with Crippen LogP contribution >= 0.6 is 0 Å². The first-order chi connectivity index (χ1) is 9.71. The van der Waals surface area contributed by atoms with Crippen molar-refractivity contribution in [1.82, 2.24) is 0 Å². The lowest BCUT2D eigenvalue weighted by Crippen LogP contribution is -2.10. The van der Waals surface area contributed by atoms with E-state index in [0.29, 0.717) is 5.92 Å². The Morgan fingerprint density at radius 2 is 1.86 bits per heavy atom. The predicted octanol–water partition coefficient (Wildman–Crippen LogP) is 5.26. The third kappa shape index (κ3) is 10.7. The summed E-state index contributed by atoms with van der Waals surface area (Å²) in [7, 11) is 1.37. The average molecular weight is 296 g/mol. The summed E-state index contributed by atoms with van der Waals surface area (Å²) in [6.45, 7) is 12.6. The van der Waals surface area contributed by atoms with E-state index >= 15 is 0 Å². The van der Waals surface area contributed by atoms with Gasteiger partial charge in [-0.25, -0.2) is 4.39 Å². The van der Waals surface area contributed by atoms with Crippen molar-refractivity contribution in [3.63, 3.8) is 0 Å². The first-order valence-electron chi connectivity index (χ1n) is 7.22. The number of hydrogen-bond acceptors (Lipinski definition) is 2. The van der Waals surface area contributed by atoms with Crippen LogP contribution in [0.4, 0.5) is 4.39 Å². The molecule has 0 spiro atoms. The second-order valence-electron chi connectivity index (χ2n) is 5.44. The van der Waals surface area contributed by atoms with E-state index in [-0.39, 0.29) is 16.9 Å². The fourth-order valence-corrected chi connectivity index (χ4v) is 1.73. The van der Waals surface area contributed by atoms with Crippen LogP contribution in [0.15, 0.2) is 18.2 Å². The van der Waals surface area contributed by atoms with Crippen LogP contribution in [-0.2, 0) is 0 Å². The summed E-state index contributed by atoms with van der Waals surface area (Å²) in [6.07, 6.45) is 6.42. The summed E-state index contributed by atoms with van der Waals surface area (Å²) in [5.74, 6) is 3.16. The lowest BCUT2D eigenvalue weighted by molar-refractivity contribution is 0.370. The summed E-state index contributed by atoms with van der Waals surface area (Å²) in [5, 5.41) is 8.94. The molecule has 3 heteroatoms. The molecule has 1 aromatic rings. The van der Waals surface area contributed by atoms with Crippen LogP contribution in [0.25, 0.3) is 0 Å². The number of terminal acetylenes is 1. The van der Waals surface area contributed by atoms with E-state index in [1.807, 2.05) is 13.8 Å². The molecular formula is C18H29FO2. The summed E-state index contributed by atoms with van der Waals surface area (Å²) < 4.78 is 17.0. The van der Waals surface area contributed by atoms with Crippen molar-refractivity contribution in [1.29, 1.82) is 0 Å². The Hall–Kier alpha value is -1.69. The van der Waals surface area contributed by atoms with E-state index in [2.05, 4.69) is 38.4 Å². The Morgan fingerprint density at radius 1 is 1.33 bits per heavy atom. The molecule has 0 saturated carbocycles. The zero-order chi connectivity index (χ0) is 17.1. The first kappa shape index (κ1) is 21.6. The van der Waals surface area contributed by atoms with E-state index in [4.69, 9.17) is 11.5 Å². The van der Waals surface area contributed by atoms with Crippen molar-refractivity contribution < 1.29 is 14.2 Å². The number of benzene rings is 1. The third-order valence-corrected chi connectivity index (χ3v) is 2.45. The van der Waals surface area contributed by atoms with Gasteiger partial charge in [0, 0.05) is 11.5 Å². The Bertz CT molecular complexity index is 431. The van der Waals surface area contributed by atoms with Gasteiger partial charge in [-0.3, -0.25) is 0 Å².